The van der Waals surface area contributed by atoms with Crippen LogP contribution in [-0.4, -0.2) is 21.8 Å². The zero-order valence-electron chi connectivity index (χ0n) is 10.5. The van der Waals surface area contributed by atoms with Gasteiger partial charge in [0.25, 0.3) is 0 Å². The van der Waals surface area contributed by atoms with Gasteiger partial charge in [0.1, 0.15) is 4.90 Å². The van der Waals surface area contributed by atoms with E-state index in [1.54, 1.807) is 30.3 Å². The molecule has 0 aliphatic carbocycles. The van der Waals surface area contributed by atoms with E-state index in [4.69, 9.17) is 16.3 Å². The van der Waals surface area contributed by atoms with Crippen molar-refractivity contribution < 1.29 is 18.3 Å². The van der Waals surface area contributed by atoms with E-state index in [1.165, 1.54) is 13.2 Å². The van der Waals surface area contributed by atoms with Gasteiger partial charge < -0.3 is 9.29 Å². The van der Waals surface area contributed by atoms with E-state index in [-0.39, 0.29) is 15.5 Å². The first-order valence-corrected chi connectivity index (χ1v) is 7.11. The fraction of sp³-hybridized carbons (Fsp3) is 0.0714. The van der Waals surface area contributed by atoms with Crippen LogP contribution < -0.4 is 0 Å². The first-order chi connectivity index (χ1) is 9.56. The maximum Gasteiger partial charge on any atom is 0.339 e. The second-order valence-corrected chi connectivity index (χ2v) is 5.22. The van der Waals surface area contributed by atoms with Crippen LogP contribution in [0.4, 0.5) is 0 Å². The molecule has 0 spiro atoms. The third-order valence-corrected chi connectivity index (χ3v) is 3.96. The topological polar surface area (TPSA) is 63.6 Å². The van der Waals surface area contributed by atoms with Crippen LogP contribution in [0.2, 0.25) is 5.02 Å². The Balaban J connectivity index is 2.79. The molecule has 2 rings (SSSR count). The fourth-order valence-corrected chi connectivity index (χ4v) is 2.85. The predicted molar refractivity (Wildman–Crippen MR) is 77.3 cm³/mol. The number of hydrogen-bond donors (Lipinski definition) is 1. The van der Waals surface area contributed by atoms with Gasteiger partial charge in [0.15, 0.2) is 11.1 Å². The molecule has 0 aliphatic heterocycles. The van der Waals surface area contributed by atoms with Crippen LogP contribution in [-0.2, 0) is 15.8 Å². The number of carbonyl (C=O) groups excluding carboxylic acids is 1. The molecule has 1 unspecified atom stereocenters. The minimum absolute atomic E-state index is 0.00651. The maximum absolute atomic E-state index is 12.0. The molecule has 20 heavy (non-hydrogen) atoms. The smallest absolute Gasteiger partial charge is 0.339 e. The van der Waals surface area contributed by atoms with Gasteiger partial charge in [0, 0.05) is 0 Å². The third-order valence-electron chi connectivity index (χ3n) is 2.76. The second kappa shape index (κ2) is 6.17. The zero-order valence-corrected chi connectivity index (χ0v) is 12.1. The van der Waals surface area contributed by atoms with Crippen molar-refractivity contribution in [3.05, 3.63) is 53.1 Å². The molecule has 0 heterocycles. The Morgan fingerprint density at radius 1 is 1.20 bits per heavy atom. The van der Waals surface area contributed by atoms with Crippen LogP contribution in [0.3, 0.4) is 0 Å². The summed E-state index contributed by atoms with van der Waals surface area (Å²) < 4.78 is 25.5. The minimum Gasteiger partial charge on any atom is -0.465 e. The highest BCUT2D eigenvalue weighted by Gasteiger charge is 2.24. The van der Waals surface area contributed by atoms with E-state index in [1.807, 2.05) is 6.07 Å². The van der Waals surface area contributed by atoms with Gasteiger partial charge in [-0.25, -0.2) is 9.00 Å². The first kappa shape index (κ1) is 14.7. The highest BCUT2D eigenvalue weighted by molar-refractivity contribution is 7.79. The Hall–Kier alpha value is -1.69. The van der Waals surface area contributed by atoms with Crippen molar-refractivity contribution in [1.29, 1.82) is 0 Å². The van der Waals surface area contributed by atoms with Crippen molar-refractivity contribution in [1.82, 2.24) is 0 Å². The molecule has 0 bridgehead atoms. The minimum atomic E-state index is -2.39. The molecule has 2 aromatic rings. The van der Waals surface area contributed by atoms with E-state index < -0.39 is 17.0 Å². The Bertz CT molecular complexity index is 670. The summed E-state index contributed by atoms with van der Waals surface area (Å²) in [7, 11) is 1.21. The van der Waals surface area contributed by atoms with Crippen molar-refractivity contribution in [2.75, 3.05) is 7.11 Å². The highest BCUT2D eigenvalue weighted by Crippen LogP contribution is 2.33. The van der Waals surface area contributed by atoms with Gasteiger partial charge in [-0.3, -0.25) is 0 Å². The van der Waals surface area contributed by atoms with Gasteiger partial charge in [0.05, 0.1) is 17.7 Å². The molecule has 4 nitrogen and oxygen atoms in total. The molecule has 104 valence electrons. The molecule has 0 aromatic heterocycles. The summed E-state index contributed by atoms with van der Waals surface area (Å²) in [5, 5.41) is 0.0471. The number of esters is 1. The third kappa shape index (κ3) is 2.75. The molecular formula is C14H11ClO4S. The molecule has 0 amide bonds. The fourth-order valence-electron chi connectivity index (χ4n) is 1.89. The summed E-state index contributed by atoms with van der Waals surface area (Å²) in [6, 6.07) is 12.1. The van der Waals surface area contributed by atoms with Crippen LogP contribution in [0.25, 0.3) is 11.1 Å². The average Bonchev–Trinajstić information content (AvgIpc) is 2.46. The molecule has 1 atom stereocenters. The van der Waals surface area contributed by atoms with Gasteiger partial charge in [0.2, 0.25) is 0 Å². The van der Waals surface area contributed by atoms with Crippen molar-refractivity contribution in [3.63, 3.8) is 0 Å². The zero-order chi connectivity index (χ0) is 14.7. The largest absolute Gasteiger partial charge is 0.465 e. The number of methoxy groups -OCH3 is 1. The van der Waals surface area contributed by atoms with E-state index in [0.717, 1.165) is 5.56 Å². The number of ether oxygens (including phenoxy) is 1. The van der Waals surface area contributed by atoms with Gasteiger partial charge >= 0.3 is 5.97 Å². The standard InChI is InChI=1S/C14H11ClO4S/c1-19-14(16)12-10(9-5-3-2-4-6-9)7-8-11(15)13(12)20(17)18/h2-8H,1H3,(H,17,18). The summed E-state index contributed by atoms with van der Waals surface area (Å²) >= 11 is 3.53. The second-order valence-electron chi connectivity index (χ2n) is 3.91. The molecule has 0 saturated heterocycles. The number of benzene rings is 2. The number of carbonyl (C=O) groups is 1. The predicted octanol–water partition coefficient (Wildman–Crippen LogP) is 3.37. The number of hydrogen-bond acceptors (Lipinski definition) is 3. The summed E-state index contributed by atoms with van der Waals surface area (Å²) in [5.41, 5.74) is 1.24. The van der Waals surface area contributed by atoms with E-state index >= 15 is 0 Å². The molecular weight excluding hydrogens is 300 g/mol. The average molecular weight is 311 g/mol. The molecule has 0 radical (unpaired) electrons. The number of rotatable bonds is 3. The number of halogens is 1. The summed E-state index contributed by atoms with van der Waals surface area (Å²) in [4.78, 5) is 11.8. The van der Waals surface area contributed by atoms with E-state index in [2.05, 4.69) is 0 Å². The molecule has 6 heteroatoms. The Morgan fingerprint density at radius 2 is 1.85 bits per heavy atom. The summed E-state index contributed by atoms with van der Waals surface area (Å²) in [6.07, 6.45) is 0. The Labute approximate surface area is 123 Å². The van der Waals surface area contributed by atoms with Crippen LogP contribution in [0.1, 0.15) is 10.4 Å². The lowest BCUT2D eigenvalue weighted by atomic mass is 9.99. The van der Waals surface area contributed by atoms with Crippen LogP contribution in [0, 0.1) is 0 Å². The van der Waals surface area contributed by atoms with Crippen molar-refractivity contribution in [3.8, 4) is 11.1 Å². The Kier molecular flexibility index (Phi) is 4.54. The molecule has 0 fully saturated rings. The van der Waals surface area contributed by atoms with E-state index in [9.17, 15) is 13.6 Å². The van der Waals surface area contributed by atoms with Crippen molar-refractivity contribution in [2.24, 2.45) is 0 Å². The normalized spacial score (nSPS) is 11.9. The maximum atomic E-state index is 12.0. The van der Waals surface area contributed by atoms with Crippen LogP contribution in [0.15, 0.2) is 47.4 Å². The Morgan fingerprint density at radius 3 is 2.40 bits per heavy atom. The quantitative estimate of drug-likeness (QED) is 0.697. The van der Waals surface area contributed by atoms with Gasteiger partial charge in [-0.1, -0.05) is 48.0 Å². The lowest BCUT2D eigenvalue weighted by molar-refractivity contribution is 0.0597. The monoisotopic (exact) mass is 310 g/mol. The molecule has 0 aliphatic rings. The molecule has 2 aromatic carbocycles. The summed E-state index contributed by atoms with van der Waals surface area (Å²) in [6.45, 7) is 0. The van der Waals surface area contributed by atoms with Crippen LogP contribution >= 0.6 is 11.6 Å². The molecule has 0 saturated carbocycles. The highest BCUT2D eigenvalue weighted by atomic mass is 35.5. The first-order valence-electron chi connectivity index (χ1n) is 5.63. The van der Waals surface area contributed by atoms with Gasteiger partial charge in [-0.15, -0.1) is 0 Å². The van der Waals surface area contributed by atoms with Crippen molar-refractivity contribution >= 4 is 28.7 Å². The van der Waals surface area contributed by atoms with Crippen molar-refractivity contribution in [2.45, 2.75) is 4.90 Å². The SMILES string of the molecule is COC(=O)c1c(-c2ccccc2)ccc(Cl)c1S(=O)O. The van der Waals surface area contributed by atoms with Crippen LogP contribution in [0.5, 0.6) is 0 Å². The summed E-state index contributed by atoms with van der Waals surface area (Å²) in [5.74, 6) is -0.705. The van der Waals surface area contributed by atoms with Gasteiger partial charge in [-0.2, -0.15) is 0 Å². The van der Waals surface area contributed by atoms with Gasteiger partial charge in [-0.05, 0) is 17.2 Å². The lowest BCUT2D eigenvalue weighted by Gasteiger charge is -2.12. The molecule has 1 N–H and O–H groups in total. The van der Waals surface area contributed by atoms with E-state index in [0.29, 0.717) is 5.56 Å². The lowest BCUT2D eigenvalue weighted by Crippen LogP contribution is -2.09.